The van der Waals surface area contributed by atoms with Gasteiger partial charge in [-0.15, -0.1) is 0 Å². The van der Waals surface area contributed by atoms with Crippen molar-refractivity contribution in [2.45, 2.75) is 18.8 Å². The van der Waals surface area contributed by atoms with E-state index in [9.17, 15) is 0 Å². The normalized spacial score (nSPS) is 17.4. The highest BCUT2D eigenvalue weighted by molar-refractivity contribution is 6.09. The smallest absolute Gasteiger partial charge is 0.216 e. The SMILES string of the molecule is Cc1ccc2c(oc3ccccc32)c1-c1cc2c(c[n+]1C)C1c3ccccc3C2c2ccccc21. The van der Waals surface area contributed by atoms with Gasteiger partial charge in [-0.05, 0) is 46.4 Å². The quantitative estimate of drug-likeness (QED) is 0.239. The number of benzene rings is 4. The Morgan fingerprint density at radius 2 is 1.23 bits per heavy atom. The van der Waals surface area contributed by atoms with Crippen LogP contribution < -0.4 is 4.57 Å². The van der Waals surface area contributed by atoms with Crippen molar-refractivity contribution in [3.05, 3.63) is 136 Å². The van der Waals surface area contributed by atoms with E-state index in [1.54, 1.807) is 0 Å². The molecule has 0 unspecified atom stereocenters. The van der Waals surface area contributed by atoms with Crippen molar-refractivity contribution >= 4 is 21.9 Å². The molecule has 9 rings (SSSR count). The van der Waals surface area contributed by atoms with E-state index in [2.05, 4.69) is 110 Å². The van der Waals surface area contributed by atoms with Gasteiger partial charge in [0, 0.05) is 34.2 Å². The van der Waals surface area contributed by atoms with Gasteiger partial charge in [-0.2, -0.15) is 0 Å². The first-order valence-corrected chi connectivity index (χ1v) is 12.3. The Morgan fingerprint density at radius 1 is 0.629 bits per heavy atom. The molecule has 0 saturated carbocycles. The van der Waals surface area contributed by atoms with Crippen LogP contribution in [0.25, 0.3) is 33.2 Å². The van der Waals surface area contributed by atoms with Gasteiger partial charge >= 0.3 is 0 Å². The van der Waals surface area contributed by atoms with E-state index in [4.69, 9.17) is 4.42 Å². The second kappa shape index (κ2) is 6.70. The maximum absolute atomic E-state index is 6.48. The predicted octanol–water partition coefficient (Wildman–Crippen LogP) is 7.37. The van der Waals surface area contributed by atoms with Crippen molar-refractivity contribution in [2.24, 2.45) is 7.05 Å². The molecule has 166 valence electrons. The number of aromatic nitrogens is 1. The third kappa shape index (κ3) is 2.41. The summed E-state index contributed by atoms with van der Waals surface area (Å²) >= 11 is 0. The molecule has 0 fully saturated rings. The monoisotopic (exact) mass is 450 g/mol. The molecule has 0 saturated heterocycles. The largest absolute Gasteiger partial charge is 0.455 e. The number of para-hydroxylation sites is 1. The van der Waals surface area contributed by atoms with Crippen LogP contribution in [0.15, 0.2) is 102 Å². The fourth-order valence-corrected chi connectivity index (χ4v) is 6.71. The van der Waals surface area contributed by atoms with Crippen molar-refractivity contribution in [1.82, 2.24) is 0 Å². The fourth-order valence-electron chi connectivity index (χ4n) is 6.71. The van der Waals surface area contributed by atoms with Gasteiger partial charge in [0.2, 0.25) is 5.69 Å². The molecule has 0 amide bonds. The van der Waals surface area contributed by atoms with Crippen LogP contribution in [0.1, 0.15) is 50.8 Å². The molecule has 3 aliphatic rings. The van der Waals surface area contributed by atoms with E-state index in [-0.39, 0.29) is 11.8 Å². The van der Waals surface area contributed by atoms with Gasteiger partial charge in [-0.25, -0.2) is 4.57 Å². The fraction of sp³-hybridized carbons (Fsp3) is 0.121. The minimum atomic E-state index is 0.262. The Kier molecular flexibility index (Phi) is 3.67. The average molecular weight is 451 g/mol. The highest BCUT2D eigenvalue weighted by Gasteiger charge is 2.43. The molecular formula is C33H24NO+. The van der Waals surface area contributed by atoms with E-state index in [1.165, 1.54) is 61.0 Å². The lowest BCUT2D eigenvalue weighted by Crippen LogP contribution is -2.36. The Labute approximate surface area is 204 Å². The number of fused-ring (bicyclic) bond motifs is 3. The predicted molar refractivity (Wildman–Crippen MR) is 140 cm³/mol. The number of hydrogen-bond donors (Lipinski definition) is 0. The lowest BCUT2D eigenvalue weighted by atomic mass is 9.61. The van der Waals surface area contributed by atoms with E-state index in [0.29, 0.717) is 0 Å². The molecule has 6 aromatic rings. The summed E-state index contributed by atoms with van der Waals surface area (Å²) < 4.78 is 8.78. The zero-order valence-electron chi connectivity index (χ0n) is 19.7. The molecule has 3 aliphatic carbocycles. The molecule has 2 bridgehead atoms. The van der Waals surface area contributed by atoms with Crippen molar-refractivity contribution in [2.75, 3.05) is 0 Å². The van der Waals surface area contributed by atoms with Crippen LogP contribution in [0.4, 0.5) is 0 Å². The minimum Gasteiger partial charge on any atom is -0.455 e. The number of nitrogens with zero attached hydrogens (tertiary/aromatic N) is 1. The lowest BCUT2D eigenvalue weighted by Gasteiger charge is -2.41. The first-order valence-electron chi connectivity index (χ1n) is 12.3. The van der Waals surface area contributed by atoms with Gasteiger partial charge in [-0.1, -0.05) is 78.9 Å². The molecule has 0 atom stereocenters. The lowest BCUT2D eigenvalue weighted by molar-refractivity contribution is -0.660. The zero-order chi connectivity index (χ0) is 23.3. The topological polar surface area (TPSA) is 17.0 Å². The molecule has 4 aromatic carbocycles. The van der Waals surface area contributed by atoms with E-state index < -0.39 is 0 Å². The third-order valence-corrected chi connectivity index (χ3v) is 8.21. The second-order valence-electron chi connectivity index (χ2n) is 10.0. The summed E-state index contributed by atoms with van der Waals surface area (Å²) in [5, 5.41) is 2.35. The highest BCUT2D eigenvalue weighted by atomic mass is 16.3. The summed E-state index contributed by atoms with van der Waals surface area (Å²) in [5.41, 5.74) is 14.2. The molecule has 2 aromatic heterocycles. The van der Waals surface area contributed by atoms with Crippen LogP contribution in [0.2, 0.25) is 0 Å². The van der Waals surface area contributed by atoms with Gasteiger partial charge in [0.25, 0.3) is 0 Å². The standard InChI is InChI=1S/C33H24NO/c1-19-15-16-25-20-9-7-8-14-29(20)35-33(25)30(19)28-17-26-27(18-34(28)2)32-23-12-5-3-10-21(23)31(26)22-11-4-6-13-24(22)32/h3-18,31-32H,1-2H3/q+1. The van der Waals surface area contributed by atoms with E-state index in [0.717, 1.165) is 11.2 Å². The Morgan fingerprint density at radius 3 is 1.91 bits per heavy atom. The molecule has 0 N–H and O–H groups in total. The molecule has 0 spiro atoms. The second-order valence-corrected chi connectivity index (χ2v) is 10.0. The molecule has 35 heavy (non-hydrogen) atoms. The maximum atomic E-state index is 6.48. The van der Waals surface area contributed by atoms with Crippen molar-refractivity contribution < 1.29 is 8.98 Å². The molecule has 0 aliphatic heterocycles. The van der Waals surface area contributed by atoms with Crippen LogP contribution in [-0.4, -0.2) is 0 Å². The van der Waals surface area contributed by atoms with Crippen molar-refractivity contribution in [1.29, 1.82) is 0 Å². The zero-order valence-corrected chi connectivity index (χ0v) is 19.7. The van der Waals surface area contributed by atoms with Gasteiger partial charge < -0.3 is 4.42 Å². The molecule has 2 heterocycles. The van der Waals surface area contributed by atoms with Crippen molar-refractivity contribution in [3.63, 3.8) is 0 Å². The first-order chi connectivity index (χ1) is 17.2. The van der Waals surface area contributed by atoms with Gasteiger partial charge in [-0.3, -0.25) is 0 Å². The number of rotatable bonds is 1. The van der Waals surface area contributed by atoms with Crippen LogP contribution in [-0.2, 0) is 7.05 Å². The maximum Gasteiger partial charge on any atom is 0.216 e. The minimum absolute atomic E-state index is 0.262. The first kappa shape index (κ1) is 19.2. The summed E-state index contributed by atoms with van der Waals surface area (Å²) in [7, 11) is 2.18. The Balaban J connectivity index is 1.44. The van der Waals surface area contributed by atoms with Crippen LogP contribution in [0.5, 0.6) is 0 Å². The number of hydrogen-bond acceptors (Lipinski definition) is 1. The average Bonchev–Trinajstić information content (AvgIpc) is 3.27. The van der Waals surface area contributed by atoms with Gasteiger partial charge in [0.1, 0.15) is 18.2 Å². The van der Waals surface area contributed by atoms with Gasteiger partial charge in [0.05, 0.1) is 5.56 Å². The number of aryl methyl sites for hydroxylation is 2. The summed E-state index contributed by atoms with van der Waals surface area (Å²) in [6.07, 6.45) is 2.37. The summed E-state index contributed by atoms with van der Waals surface area (Å²) in [6, 6.07) is 33.2. The highest BCUT2D eigenvalue weighted by Crippen LogP contribution is 2.55. The number of pyridine rings is 1. The van der Waals surface area contributed by atoms with Crippen LogP contribution in [0, 0.1) is 6.92 Å². The molecule has 2 heteroatoms. The van der Waals surface area contributed by atoms with E-state index >= 15 is 0 Å². The molecular weight excluding hydrogens is 426 g/mol. The van der Waals surface area contributed by atoms with Crippen LogP contribution >= 0.6 is 0 Å². The summed E-state index contributed by atoms with van der Waals surface area (Å²) in [6.45, 7) is 2.19. The molecule has 0 radical (unpaired) electrons. The van der Waals surface area contributed by atoms with Crippen LogP contribution in [0.3, 0.4) is 0 Å². The van der Waals surface area contributed by atoms with Gasteiger partial charge in [0.15, 0.2) is 6.20 Å². The van der Waals surface area contributed by atoms with Crippen molar-refractivity contribution in [3.8, 4) is 11.3 Å². The summed E-state index contributed by atoms with van der Waals surface area (Å²) in [4.78, 5) is 0. The Hall–Kier alpha value is -4.17. The third-order valence-electron chi connectivity index (χ3n) is 8.21. The summed E-state index contributed by atoms with van der Waals surface area (Å²) in [5.74, 6) is 0.545. The molecule has 2 nitrogen and oxygen atoms in total. The number of furan rings is 1. The van der Waals surface area contributed by atoms with E-state index in [1.807, 2.05) is 6.07 Å². The Bertz CT molecular complexity index is 1790.